The molecule has 10 heteroatoms. The van der Waals surface area contributed by atoms with Crippen LogP contribution in [0.15, 0.2) is 36.5 Å². The number of hydrogen-bond donors (Lipinski definition) is 4. The monoisotopic (exact) mass is 483 g/mol. The van der Waals surface area contributed by atoms with Crippen LogP contribution in [0.25, 0.3) is 0 Å². The van der Waals surface area contributed by atoms with Crippen LogP contribution in [0.1, 0.15) is 49.9 Å². The molecule has 0 bridgehead atoms. The number of Topliss-reactive ketones (excluding diaryl/α,β-unsaturated/α-hetero) is 1. The van der Waals surface area contributed by atoms with E-state index in [9.17, 15) is 19.2 Å². The lowest BCUT2D eigenvalue weighted by Gasteiger charge is -2.23. The summed E-state index contributed by atoms with van der Waals surface area (Å²) in [4.78, 5) is 50.7. The van der Waals surface area contributed by atoms with Gasteiger partial charge in [-0.25, -0.2) is 4.79 Å². The molecule has 2 aromatic rings. The lowest BCUT2D eigenvalue weighted by molar-refractivity contribution is -0.140. The van der Waals surface area contributed by atoms with Crippen molar-refractivity contribution in [3.8, 4) is 0 Å². The molecule has 2 heterocycles. The molecular weight excluding hydrogens is 450 g/mol. The number of fused-ring (bicyclic) bond motifs is 1. The molecule has 3 amide bonds. The number of amides is 3. The number of aryl methyl sites for hydroxylation is 2. The maximum absolute atomic E-state index is 13.1. The van der Waals surface area contributed by atoms with Gasteiger partial charge in [0.05, 0.1) is 12.2 Å². The molecule has 0 radical (unpaired) electrons. The first kappa shape index (κ1) is 25.9. The van der Waals surface area contributed by atoms with Crippen LogP contribution in [-0.4, -0.2) is 52.5 Å². The number of carbonyl (C=O) groups is 4. The van der Waals surface area contributed by atoms with Crippen molar-refractivity contribution in [3.05, 3.63) is 53.3 Å². The lowest BCUT2D eigenvalue weighted by Crippen LogP contribution is -2.54. The van der Waals surface area contributed by atoms with Gasteiger partial charge in [-0.3, -0.25) is 19.5 Å². The highest BCUT2D eigenvalue weighted by Gasteiger charge is 2.31. The van der Waals surface area contributed by atoms with E-state index in [1.165, 1.54) is 0 Å². The molecule has 3 rings (SSSR count). The van der Waals surface area contributed by atoms with Gasteiger partial charge in [0.2, 0.25) is 11.7 Å². The predicted octanol–water partition coefficient (Wildman–Crippen LogP) is 1.80. The highest BCUT2D eigenvalue weighted by Crippen LogP contribution is 2.14. The summed E-state index contributed by atoms with van der Waals surface area (Å²) in [7, 11) is 0. The SMILES string of the molecule is CC(C)CC(NC(=O)OCc1ccccc1)C(=O)NC1CCc2cn[nH]c2CCCNC(=O)C1=O. The van der Waals surface area contributed by atoms with E-state index in [2.05, 4.69) is 26.1 Å². The third-order valence-corrected chi connectivity index (χ3v) is 5.78. The maximum Gasteiger partial charge on any atom is 0.408 e. The van der Waals surface area contributed by atoms with Gasteiger partial charge >= 0.3 is 6.09 Å². The number of ketones is 1. The predicted molar refractivity (Wildman–Crippen MR) is 128 cm³/mol. The molecule has 188 valence electrons. The van der Waals surface area contributed by atoms with E-state index in [0.29, 0.717) is 32.2 Å². The Morgan fingerprint density at radius 3 is 2.69 bits per heavy atom. The molecule has 0 saturated carbocycles. The molecule has 4 N–H and O–H groups in total. The largest absolute Gasteiger partial charge is 0.445 e. The van der Waals surface area contributed by atoms with Gasteiger partial charge in [0.25, 0.3) is 5.91 Å². The van der Waals surface area contributed by atoms with Gasteiger partial charge in [0, 0.05) is 12.2 Å². The molecule has 0 fully saturated rings. The van der Waals surface area contributed by atoms with Crippen molar-refractivity contribution in [1.82, 2.24) is 26.1 Å². The number of aromatic amines is 1. The zero-order valence-electron chi connectivity index (χ0n) is 20.1. The number of carbonyl (C=O) groups excluding carboxylic acids is 4. The number of H-pyrrole nitrogens is 1. The highest BCUT2D eigenvalue weighted by atomic mass is 16.5. The topological polar surface area (TPSA) is 142 Å². The maximum atomic E-state index is 13.1. The van der Waals surface area contributed by atoms with Crippen molar-refractivity contribution in [2.45, 2.75) is 64.6 Å². The van der Waals surface area contributed by atoms with Gasteiger partial charge in [-0.1, -0.05) is 44.2 Å². The Labute approximate surface area is 204 Å². The van der Waals surface area contributed by atoms with Crippen molar-refractivity contribution in [2.24, 2.45) is 5.92 Å². The van der Waals surface area contributed by atoms with E-state index in [4.69, 9.17) is 4.74 Å². The number of aromatic nitrogens is 2. The van der Waals surface area contributed by atoms with Crippen molar-refractivity contribution < 1.29 is 23.9 Å². The summed E-state index contributed by atoms with van der Waals surface area (Å²) >= 11 is 0. The molecular formula is C25H33N5O5. The van der Waals surface area contributed by atoms with E-state index in [-0.39, 0.29) is 18.9 Å². The number of rotatable bonds is 7. The molecule has 0 aliphatic carbocycles. The van der Waals surface area contributed by atoms with Gasteiger partial charge in [0.15, 0.2) is 0 Å². The first-order chi connectivity index (χ1) is 16.8. The van der Waals surface area contributed by atoms with Crippen LogP contribution in [0, 0.1) is 5.92 Å². The van der Waals surface area contributed by atoms with E-state index < -0.39 is 35.8 Å². The standard InChI is InChI=1S/C25H33N5O5/c1-16(2)13-21(29-25(34)35-15-17-7-4-3-5-8-17)23(32)28-20-11-10-18-14-27-30-19(18)9-6-12-26-24(33)22(20)31/h3-5,7-8,14,16,20-21H,6,9-13,15H2,1-2H3,(H,26,33)(H,27,30)(H,28,32)(H,29,34). The van der Waals surface area contributed by atoms with E-state index in [1.54, 1.807) is 6.20 Å². The summed E-state index contributed by atoms with van der Waals surface area (Å²) in [5.41, 5.74) is 2.73. The minimum absolute atomic E-state index is 0.0665. The Kier molecular flexibility index (Phi) is 9.39. The van der Waals surface area contributed by atoms with Crippen LogP contribution >= 0.6 is 0 Å². The second kappa shape index (κ2) is 12.7. The fourth-order valence-corrected chi connectivity index (χ4v) is 3.93. The van der Waals surface area contributed by atoms with Crippen LogP contribution in [-0.2, 0) is 38.6 Å². The molecule has 2 unspecified atom stereocenters. The number of nitrogens with one attached hydrogen (secondary N) is 4. The quantitative estimate of drug-likeness (QED) is 0.443. The van der Waals surface area contributed by atoms with Gasteiger partial charge in [-0.15, -0.1) is 0 Å². The van der Waals surface area contributed by atoms with E-state index in [0.717, 1.165) is 16.8 Å². The molecule has 1 aliphatic rings. The van der Waals surface area contributed by atoms with Crippen molar-refractivity contribution in [1.29, 1.82) is 0 Å². The van der Waals surface area contributed by atoms with Crippen LogP contribution in [0.2, 0.25) is 0 Å². The number of hydrogen-bond acceptors (Lipinski definition) is 6. The first-order valence-corrected chi connectivity index (χ1v) is 11.9. The molecule has 1 aromatic heterocycles. The van der Waals surface area contributed by atoms with E-state index >= 15 is 0 Å². The summed E-state index contributed by atoms with van der Waals surface area (Å²) in [6, 6.07) is 7.25. The van der Waals surface area contributed by atoms with Gasteiger partial charge in [0.1, 0.15) is 12.6 Å². The van der Waals surface area contributed by atoms with Crippen LogP contribution in [0.3, 0.4) is 0 Å². The zero-order valence-corrected chi connectivity index (χ0v) is 20.1. The fraction of sp³-hybridized carbons (Fsp3) is 0.480. The van der Waals surface area contributed by atoms with E-state index in [1.807, 2.05) is 44.2 Å². The van der Waals surface area contributed by atoms with Gasteiger partial charge in [-0.05, 0) is 49.1 Å². The summed E-state index contributed by atoms with van der Waals surface area (Å²) < 4.78 is 5.26. The number of alkyl carbamates (subject to hydrolysis) is 1. The van der Waals surface area contributed by atoms with Crippen LogP contribution in [0.5, 0.6) is 0 Å². The van der Waals surface area contributed by atoms with Crippen molar-refractivity contribution in [2.75, 3.05) is 6.54 Å². The average molecular weight is 484 g/mol. The Morgan fingerprint density at radius 1 is 1.17 bits per heavy atom. The molecule has 35 heavy (non-hydrogen) atoms. The molecule has 0 spiro atoms. The second-order valence-corrected chi connectivity index (χ2v) is 9.09. The van der Waals surface area contributed by atoms with Gasteiger partial charge < -0.3 is 20.7 Å². The van der Waals surface area contributed by atoms with Crippen molar-refractivity contribution in [3.63, 3.8) is 0 Å². The lowest BCUT2D eigenvalue weighted by atomic mass is 9.99. The number of benzene rings is 1. The van der Waals surface area contributed by atoms with Crippen molar-refractivity contribution >= 4 is 23.7 Å². The fourth-order valence-electron chi connectivity index (χ4n) is 3.93. The van der Waals surface area contributed by atoms with Crippen LogP contribution < -0.4 is 16.0 Å². The number of nitrogens with zero attached hydrogens (tertiary/aromatic N) is 1. The molecule has 1 aliphatic heterocycles. The Bertz CT molecular complexity index is 1020. The summed E-state index contributed by atoms with van der Waals surface area (Å²) in [6.07, 6.45) is 3.38. The summed E-state index contributed by atoms with van der Waals surface area (Å²) in [6.45, 7) is 4.25. The van der Waals surface area contributed by atoms with Gasteiger partial charge in [-0.2, -0.15) is 5.10 Å². The third kappa shape index (κ3) is 7.94. The third-order valence-electron chi connectivity index (χ3n) is 5.78. The summed E-state index contributed by atoms with van der Waals surface area (Å²) in [5, 5.41) is 15.0. The Balaban J connectivity index is 1.67. The highest BCUT2D eigenvalue weighted by molar-refractivity contribution is 6.38. The molecule has 2 atom stereocenters. The smallest absolute Gasteiger partial charge is 0.408 e. The number of ether oxygens (including phenoxy) is 1. The molecule has 1 aromatic carbocycles. The zero-order chi connectivity index (χ0) is 25.2. The normalized spacial score (nSPS) is 17.5. The molecule has 10 nitrogen and oxygen atoms in total. The molecule has 0 saturated heterocycles. The first-order valence-electron chi connectivity index (χ1n) is 11.9. The second-order valence-electron chi connectivity index (χ2n) is 9.09. The average Bonchev–Trinajstić information content (AvgIpc) is 3.28. The minimum Gasteiger partial charge on any atom is -0.445 e. The Morgan fingerprint density at radius 2 is 1.94 bits per heavy atom. The minimum atomic E-state index is -1.03. The van der Waals surface area contributed by atoms with Crippen LogP contribution in [0.4, 0.5) is 4.79 Å². The summed E-state index contributed by atoms with van der Waals surface area (Å²) in [5.74, 6) is -1.89. The Hall–Kier alpha value is -3.69.